The Labute approximate surface area is 167 Å². The highest BCUT2D eigenvalue weighted by molar-refractivity contribution is 5.93. The molecule has 7 heteroatoms. The number of para-hydroxylation sites is 1. The minimum atomic E-state index is 0.307. The average Bonchev–Trinajstić information content (AvgIpc) is 3.28. The van der Waals surface area contributed by atoms with Gasteiger partial charge >= 0.3 is 0 Å². The molecule has 7 nitrogen and oxygen atoms in total. The Bertz CT molecular complexity index is 1290. The maximum atomic E-state index is 5.80. The minimum Gasteiger partial charge on any atom is -0.486 e. The summed E-state index contributed by atoms with van der Waals surface area (Å²) in [6.45, 7) is 5.24. The predicted octanol–water partition coefficient (Wildman–Crippen LogP) is 3.72. The molecule has 0 bridgehead atoms. The van der Waals surface area contributed by atoms with Gasteiger partial charge in [0.05, 0.1) is 11.9 Å². The van der Waals surface area contributed by atoms with Crippen molar-refractivity contribution in [3.8, 4) is 5.75 Å². The number of hydrogen-bond acceptors (Lipinski definition) is 5. The number of aryl methyl sites for hydroxylation is 1. The van der Waals surface area contributed by atoms with Crippen LogP contribution in [-0.4, -0.2) is 29.1 Å². The Kier molecular flexibility index (Phi) is 4.20. The molecule has 0 aliphatic heterocycles. The third kappa shape index (κ3) is 3.10. The molecule has 0 radical (unpaired) electrons. The highest BCUT2D eigenvalue weighted by Crippen LogP contribution is 2.27. The van der Waals surface area contributed by atoms with Gasteiger partial charge in [0.15, 0.2) is 11.5 Å². The lowest BCUT2D eigenvalue weighted by atomic mass is 10.2. The molecule has 144 valence electrons. The number of benzene rings is 1. The average molecular weight is 384 g/mol. The third-order valence-electron chi connectivity index (χ3n) is 5.16. The fraction of sp³-hybridized carbons (Fsp3) is 0.182. The third-order valence-corrected chi connectivity index (χ3v) is 5.16. The molecular weight excluding hydrogens is 364 g/mol. The normalized spacial score (nSPS) is 11.4. The van der Waals surface area contributed by atoms with Gasteiger partial charge in [0, 0.05) is 18.1 Å². The van der Waals surface area contributed by atoms with Crippen LogP contribution < -0.4 is 4.74 Å². The highest BCUT2D eigenvalue weighted by atomic mass is 16.5. The van der Waals surface area contributed by atoms with Crippen molar-refractivity contribution < 1.29 is 4.74 Å². The summed E-state index contributed by atoms with van der Waals surface area (Å²) >= 11 is 0. The molecule has 0 saturated heterocycles. The molecule has 0 aliphatic rings. The molecule has 0 aliphatic carbocycles. The van der Waals surface area contributed by atoms with Crippen LogP contribution in [0.5, 0.6) is 5.75 Å². The maximum Gasteiger partial charge on any atom is 0.189 e. The maximum absolute atomic E-state index is 5.80. The Balaban J connectivity index is 1.54. The molecule has 29 heavy (non-hydrogen) atoms. The van der Waals surface area contributed by atoms with Gasteiger partial charge in [-0.25, -0.2) is 14.5 Å². The SMILES string of the molecule is Cc1c(C)n(Cc2cccnc2)c2ncn3nc(COc4ccccc4)nc3c12. The lowest BCUT2D eigenvalue weighted by molar-refractivity contribution is 0.296. The van der Waals surface area contributed by atoms with E-state index in [0.717, 1.165) is 39.3 Å². The second-order valence-electron chi connectivity index (χ2n) is 7.00. The van der Waals surface area contributed by atoms with Crippen LogP contribution in [0.2, 0.25) is 0 Å². The van der Waals surface area contributed by atoms with E-state index < -0.39 is 0 Å². The van der Waals surface area contributed by atoms with Crippen molar-refractivity contribution in [2.45, 2.75) is 27.0 Å². The molecule has 5 rings (SSSR count). The fourth-order valence-corrected chi connectivity index (χ4v) is 3.57. The molecule has 0 saturated carbocycles. The van der Waals surface area contributed by atoms with E-state index in [1.165, 1.54) is 0 Å². The van der Waals surface area contributed by atoms with Crippen LogP contribution in [-0.2, 0) is 13.2 Å². The van der Waals surface area contributed by atoms with Crippen molar-refractivity contribution in [1.29, 1.82) is 0 Å². The van der Waals surface area contributed by atoms with E-state index in [1.807, 2.05) is 42.6 Å². The number of fused-ring (bicyclic) bond motifs is 3. The first-order valence-corrected chi connectivity index (χ1v) is 9.47. The predicted molar refractivity (Wildman–Crippen MR) is 110 cm³/mol. The lowest BCUT2D eigenvalue weighted by Gasteiger charge is -2.07. The fourth-order valence-electron chi connectivity index (χ4n) is 3.57. The summed E-state index contributed by atoms with van der Waals surface area (Å²) < 4.78 is 9.73. The summed E-state index contributed by atoms with van der Waals surface area (Å²) in [6, 6.07) is 13.7. The molecule has 4 aromatic heterocycles. The second kappa shape index (κ2) is 7.01. The number of hydrogen-bond donors (Lipinski definition) is 0. The van der Waals surface area contributed by atoms with Gasteiger partial charge in [-0.2, -0.15) is 0 Å². The van der Waals surface area contributed by atoms with Crippen LogP contribution in [0, 0.1) is 13.8 Å². The Hall–Kier alpha value is -3.74. The number of rotatable bonds is 5. The van der Waals surface area contributed by atoms with Crippen LogP contribution in [0.1, 0.15) is 22.6 Å². The minimum absolute atomic E-state index is 0.307. The summed E-state index contributed by atoms with van der Waals surface area (Å²) in [5.41, 5.74) is 5.15. The van der Waals surface area contributed by atoms with Crippen LogP contribution in [0.15, 0.2) is 61.2 Å². The van der Waals surface area contributed by atoms with Crippen molar-refractivity contribution >= 4 is 16.7 Å². The molecule has 5 aromatic rings. The topological polar surface area (TPSA) is 70.1 Å². The zero-order valence-electron chi connectivity index (χ0n) is 16.3. The van der Waals surface area contributed by atoms with Crippen molar-refractivity contribution in [2.75, 3.05) is 0 Å². The van der Waals surface area contributed by atoms with Crippen LogP contribution in [0.25, 0.3) is 16.7 Å². The number of ether oxygens (including phenoxy) is 1. The van der Waals surface area contributed by atoms with E-state index in [4.69, 9.17) is 9.72 Å². The molecular formula is C22H20N6O. The highest BCUT2D eigenvalue weighted by Gasteiger charge is 2.18. The molecule has 0 fully saturated rings. The molecule has 0 spiro atoms. The second-order valence-corrected chi connectivity index (χ2v) is 7.00. The first-order valence-electron chi connectivity index (χ1n) is 9.47. The molecule has 1 aromatic carbocycles. The van der Waals surface area contributed by atoms with Gasteiger partial charge in [-0.1, -0.05) is 24.3 Å². The van der Waals surface area contributed by atoms with Crippen LogP contribution in [0.4, 0.5) is 0 Å². The Morgan fingerprint density at radius 3 is 2.66 bits per heavy atom. The molecule has 0 amide bonds. The molecule has 0 atom stereocenters. The Morgan fingerprint density at radius 1 is 1.00 bits per heavy atom. The van der Waals surface area contributed by atoms with E-state index in [9.17, 15) is 0 Å². The van der Waals surface area contributed by atoms with Gasteiger partial charge in [-0.05, 0) is 43.2 Å². The van der Waals surface area contributed by atoms with Gasteiger partial charge in [-0.3, -0.25) is 4.98 Å². The van der Waals surface area contributed by atoms with E-state index in [0.29, 0.717) is 19.0 Å². The van der Waals surface area contributed by atoms with E-state index in [1.54, 1.807) is 17.0 Å². The van der Waals surface area contributed by atoms with E-state index >= 15 is 0 Å². The van der Waals surface area contributed by atoms with Crippen LogP contribution in [0.3, 0.4) is 0 Å². The van der Waals surface area contributed by atoms with Gasteiger partial charge in [0.1, 0.15) is 24.3 Å². The summed E-state index contributed by atoms with van der Waals surface area (Å²) in [7, 11) is 0. The van der Waals surface area contributed by atoms with Crippen LogP contribution >= 0.6 is 0 Å². The number of nitrogens with zero attached hydrogens (tertiary/aromatic N) is 6. The largest absolute Gasteiger partial charge is 0.486 e. The summed E-state index contributed by atoms with van der Waals surface area (Å²) in [5, 5.41) is 5.56. The molecule has 0 unspecified atom stereocenters. The lowest BCUT2D eigenvalue weighted by Crippen LogP contribution is -2.03. The summed E-state index contributed by atoms with van der Waals surface area (Å²) in [4.78, 5) is 13.6. The number of aromatic nitrogens is 6. The van der Waals surface area contributed by atoms with Gasteiger partial charge in [0.25, 0.3) is 0 Å². The van der Waals surface area contributed by atoms with Crippen molar-refractivity contribution in [3.63, 3.8) is 0 Å². The monoisotopic (exact) mass is 384 g/mol. The van der Waals surface area contributed by atoms with Gasteiger partial charge < -0.3 is 9.30 Å². The van der Waals surface area contributed by atoms with Gasteiger partial charge in [-0.15, -0.1) is 5.10 Å². The number of pyridine rings is 1. The van der Waals surface area contributed by atoms with Crippen molar-refractivity contribution in [3.05, 3.63) is 83.8 Å². The first-order chi connectivity index (χ1) is 14.2. The zero-order chi connectivity index (χ0) is 19.8. The zero-order valence-corrected chi connectivity index (χ0v) is 16.3. The first kappa shape index (κ1) is 17.4. The molecule has 4 heterocycles. The quantitative estimate of drug-likeness (QED) is 0.462. The van der Waals surface area contributed by atoms with E-state index in [-0.39, 0.29) is 0 Å². The smallest absolute Gasteiger partial charge is 0.189 e. The Morgan fingerprint density at radius 2 is 1.86 bits per heavy atom. The molecule has 0 N–H and O–H groups in total. The summed E-state index contributed by atoms with van der Waals surface area (Å²) in [6.07, 6.45) is 5.39. The van der Waals surface area contributed by atoms with Crippen molar-refractivity contribution in [2.24, 2.45) is 0 Å². The van der Waals surface area contributed by atoms with Crippen molar-refractivity contribution in [1.82, 2.24) is 29.1 Å². The standard InChI is InChI=1S/C22H20N6O/c1-15-16(2)27(12-17-7-6-10-23-11-17)21-20(15)22-25-19(26-28(22)14-24-21)13-29-18-8-4-3-5-9-18/h3-11,14H,12-13H2,1-2H3. The van der Waals surface area contributed by atoms with Gasteiger partial charge in [0.2, 0.25) is 0 Å². The van der Waals surface area contributed by atoms with E-state index in [2.05, 4.69) is 39.5 Å². The summed E-state index contributed by atoms with van der Waals surface area (Å²) in [5.74, 6) is 1.42.